The van der Waals surface area contributed by atoms with Crippen molar-refractivity contribution in [1.29, 1.82) is 0 Å². The third-order valence-electron chi connectivity index (χ3n) is 6.98. The molecular formula is C32H39Cl2N3O4S. The number of carbonyl (C=O) groups excluding carboxylic acids is 2. The van der Waals surface area contributed by atoms with Crippen LogP contribution in [0.2, 0.25) is 10.0 Å². The Balaban J connectivity index is 2.13. The minimum Gasteiger partial charge on any atom is -0.354 e. The Morgan fingerprint density at radius 1 is 0.905 bits per heavy atom. The van der Waals surface area contributed by atoms with Crippen molar-refractivity contribution in [1.82, 2.24) is 10.2 Å². The zero-order chi connectivity index (χ0) is 31.2. The highest BCUT2D eigenvalue weighted by Gasteiger charge is 2.34. The fourth-order valence-electron chi connectivity index (χ4n) is 4.53. The van der Waals surface area contributed by atoms with E-state index >= 15 is 0 Å². The smallest absolute Gasteiger partial charge is 0.264 e. The van der Waals surface area contributed by atoms with Crippen LogP contribution >= 0.6 is 23.2 Å². The number of rotatable bonds is 12. The molecule has 0 unspecified atom stereocenters. The Morgan fingerprint density at radius 2 is 1.50 bits per heavy atom. The second kappa shape index (κ2) is 14.4. The zero-order valence-corrected chi connectivity index (χ0v) is 27.3. The first-order valence-corrected chi connectivity index (χ1v) is 16.1. The summed E-state index contributed by atoms with van der Waals surface area (Å²) in [5.74, 6) is -0.690. The summed E-state index contributed by atoms with van der Waals surface area (Å²) in [5.41, 5.74) is 3.29. The van der Waals surface area contributed by atoms with Gasteiger partial charge in [0.1, 0.15) is 12.6 Å². The van der Waals surface area contributed by atoms with Gasteiger partial charge in [-0.15, -0.1) is 0 Å². The van der Waals surface area contributed by atoms with Crippen molar-refractivity contribution in [2.45, 2.75) is 65.4 Å². The summed E-state index contributed by atoms with van der Waals surface area (Å²) in [6, 6.07) is 16.1. The van der Waals surface area contributed by atoms with Crippen LogP contribution in [0.3, 0.4) is 0 Å². The number of benzene rings is 3. The standard InChI is InChI=1S/C32H39Cl2N3O4S/c1-7-29(32(39)35-18-21(2)3)36(19-26-27(33)9-8-10-28(26)34)31(38)20-37(30-17-23(5)11-14-24(30)6)42(40,41)25-15-12-22(4)13-16-25/h8-17,21,29H,7,18-20H2,1-6H3,(H,35,39)/t29-/m0/s1. The van der Waals surface area contributed by atoms with Gasteiger partial charge in [-0.3, -0.25) is 13.9 Å². The normalized spacial score (nSPS) is 12.2. The van der Waals surface area contributed by atoms with E-state index in [-0.39, 0.29) is 23.3 Å². The highest BCUT2D eigenvalue weighted by atomic mass is 35.5. The average molecular weight is 633 g/mol. The number of halogens is 2. The lowest BCUT2D eigenvalue weighted by molar-refractivity contribution is -0.140. The summed E-state index contributed by atoms with van der Waals surface area (Å²) in [4.78, 5) is 29.1. The van der Waals surface area contributed by atoms with Gasteiger partial charge in [0.25, 0.3) is 10.0 Å². The predicted octanol–water partition coefficient (Wildman–Crippen LogP) is 6.69. The number of hydrogen-bond acceptors (Lipinski definition) is 4. The SMILES string of the molecule is CC[C@@H](C(=O)NCC(C)C)N(Cc1c(Cl)cccc1Cl)C(=O)CN(c1cc(C)ccc1C)S(=O)(=O)c1ccc(C)cc1. The van der Waals surface area contributed by atoms with Crippen molar-refractivity contribution in [3.63, 3.8) is 0 Å². The Hall–Kier alpha value is -3.07. The molecule has 0 saturated heterocycles. The Kier molecular flexibility index (Phi) is 11.5. The molecule has 0 aliphatic heterocycles. The highest BCUT2D eigenvalue weighted by Crippen LogP contribution is 2.30. The number of hydrogen-bond donors (Lipinski definition) is 1. The topological polar surface area (TPSA) is 86.8 Å². The summed E-state index contributed by atoms with van der Waals surface area (Å²) in [7, 11) is -4.17. The molecule has 42 heavy (non-hydrogen) atoms. The van der Waals surface area contributed by atoms with E-state index in [1.54, 1.807) is 50.2 Å². The van der Waals surface area contributed by atoms with Crippen LogP contribution in [-0.2, 0) is 26.2 Å². The zero-order valence-electron chi connectivity index (χ0n) is 24.9. The van der Waals surface area contributed by atoms with Crippen LogP contribution in [0.25, 0.3) is 0 Å². The molecule has 0 aliphatic rings. The molecule has 2 amide bonds. The van der Waals surface area contributed by atoms with E-state index < -0.39 is 28.5 Å². The van der Waals surface area contributed by atoms with Crippen LogP contribution in [0.4, 0.5) is 5.69 Å². The molecule has 0 heterocycles. The van der Waals surface area contributed by atoms with E-state index in [4.69, 9.17) is 23.2 Å². The van der Waals surface area contributed by atoms with Crippen LogP contribution < -0.4 is 9.62 Å². The number of aryl methyl sites for hydroxylation is 3. The maximum atomic E-state index is 14.3. The monoisotopic (exact) mass is 631 g/mol. The third-order valence-corrected chi connectivity index (χ3v) is 9.46. The number of anilines is 1. The number of carbonyl (C=O) groups is 2. The summed E-state index contributed by atoms with van der Waals surface area (Å²) < 4.78 is 29.4. The lowest BCUT2D eigenvalue weighted by Crippen LogP contribution is -2.52. The van der Waals surface area contributed by atoms with Crippen LogP contribution in [0.15, 0.2) is 65.6 Å². The lowest BCUT2D eigenvalue weighted by atomic mass is 10.1. The largest absolute Gasteiger partial charge is 0.354 e. The van der Waals surface area contributed by atoms with E-state index in [1.165, 1.54) is 17.0 Å². The second-order valence-electron chi connectivity index (χ2n) is 10.9. The van der Waals surface area contributed by atoms with Crippen LogP contribution in [0.5, 0.6) is 0 Å². The number of sulfonamides is 1. The fraction of sp³-hybridized carbons (Fsp3) is 0.375. The third kappa shape index (κ3) is 8.06. The fourth-order valence-corrected chi connectivity index (χ4v) is 6.52. The first-order chi connectivity index (χ1) is 19.8. The van der Waals surface area contributed by atoms with Gasteiger partial charge >= 0.3 is 0 Å². The molecular weight excluding hydrogens is 593 g/mol. The van der Waals surface area contributed by atoms with E-state index in [1.807, 2.05) is 39.8 Å². The van der Waals surface area contributed by atoms with Crippen molar-refractivity contribution >= 4 is 50.7 Å². The summed E-state index contributed by atoms with van der Waals surface area (Å²) >= 11 is 13.0. The molecule has 1 atom stereocenters. The maximum absolute atomic E-state index is 14.3. The maximum Gasteiger partial charge on any atom is 0.264 e. The van der Waals surface area contributed by atoms with E-state index in [2.05, 4.69) is 5.32 Å². The van der Waals surface area contributed by atoms with Crippen molar-refractivity contribution in [3.8, 4) is 0 Å². The number of nitrogens with one attached hydrogen (secondary N) is 1. The minimum atomic E-state index is -4.17. The lowest BCUT2D eigenvalue weighted by Gasteiger charge is -2.34. The summed E-state index contributed by atoms with van der Waals surface area (Å²) in [5, 5.41) is 3.60. The van der Waals surface area contributed by atoms with Crippen molar-refractivity contribution in [2.24, 2.45) is 5.92 Å². The number of amides is 2. The first-order valence-electron chi connectivity index (χ1n) is 13.9. The average Bonchev–Trinajstić information content (AvgIpc) is 2.93. The van der Waals surface area contributed by atoms with Gasteiger partial charge in [-0.2, -0.15) is 0 Å². The van der Waals surface area contributed by atoms with Crippen LogP contribution in [0, 0.1) is 26.7 Å². The van der Waals surface area contributed by atoms with Crippen molar-refractivity contribution in [2.75, 3.05) is 17.4 Å². The molecule has 3 aromatic rings. The minimum absolute atomic E-state index is 0.0595. The second-order valence-corrected chi connectivity index (χ2v) is 13.6. The molecule has 10 heteroatoms. The molecule has 0 saturated carbocycles. The molecule has 1 N–H and O–H groups in total. The molecule has 0 radical (unpaired) electrons. The van der Waals surface area contributed by atoms with E-state index in [0.717, 1.165) is 15.4 Å². The Bertz CT molecular complexity index is 1500. The Labute approximate surface area is 259 Å². The molecule has 3 aromatic carbocycles. The van der Waals surface area contributed by atoms with Crippen LogP contribution in [-0.4, -0.2) is 44.3 Å². The molecule has 0 aliphatic carbocycles. The molecule has 0 fully saturated rings. The quantitative estimate of drug-likeness (QED) is 0.241. The van der Waals surface area contributed by atoms with Gasteiger partial charge in [-0.1, -0.05) is 79.9 Å². The van der Waals surface area contributed by atoms with Gasteiger partial charge < -0.3 is 10.2 Å². The molecule has 0 spiro atoms. The molecule has 226 valence electrons. The van der Waals surface area contributed by atoms with Gasteiger partial charge in [-0.05, 0) is 74.6 Å². The first kappa shape index (κ1) is 33.4. The molecule has 3 rings (SSSR count). The van der Waals surface area contributed by atoms with E-state index in [0.29, 0.717) is 39.8 Å². The summed E-state index contributed by atoms with van der Waals surface area (Å²) in [6.07, 6.45) is 0.298. The Morgan fingerprint density at radius 3 is 2.07 bits per heavy atom. The van der Waals surface area contributed by atoms with Crippen molar-refractivity contribution in [3.05, 3.63) is 93.0 Å². The molecule has 7 nitrogen and oxygen atoms in total. The van der Waals surface area contributed by atoms with Gasteiger partial charge in [0.15, 0.2) is 0 Å². The van der Waals surface area contributed by atoms with E-state index in [9.17, 15) is 18.0 Å². The van der Waals surface area contributed by atoms with Gasteiger partial charge in [-0.25, -0.2) is 8.42 Å². The highest BCUT2D eigenvalue weighted by molar-refractivity contribution is 7.92. The van der Waals surface area contributed by atoms with Gasteiger partial charge in [0.2, 0.25) is 11.8 Å². The van der Waals surface area contributed by atoms with Crippen molar-refractivity contribution < 1.29 is 18.0 Å². The summed E-state index contributed by atoms with van der Waals surface area (Å²) in [6.45, 7) is 11.1. The van der Waals surface area contributed by atoms with Crippen LogP contribution in [0.1, 0.15) is 49.4 Å². The van der Waals surface area contributed by atoms with Gasteiger partial charge in [0, 0.05) is 28.7 Å². The number of nitrogens with zero attached hydrogens (tertiary/aromatic N) is 2. The molecule has 0 bridgehead atoms. The van der Waals surface area contributed by atoms with Gasteiger partial charge in [0.05, 0.1) is 10.6 Å². The predicted molar refractivity (Wildman–Crippen MR) is 171 cm³/mol. The molecule has 0 aromatic heterocycles.